The van der Waals surface area contributed by atoms with E-state index in [1.54, 1.807) is 12.1 Å². The summed E-state index contributed by atoms with van der Waals surface area (Å²) in [6, 6.07) is 10.2. The predicted molar refractivity (Wildman–Crippen MR) is 107 cm³/mol. The van der Waals surface area contributed by atoms with Gasteiger partial charge in [-0.1, -0.05) is 0 Å². The number of non-ortho nitro benzene ring substituents is 1. The lowest BCUT2D eigenvalue weighted by atomic mass is 10.1. The first-order valence-electron chi connectivity index (χ1n) is 8.66. The number of aliphatic carboxylic acids is 1. The molecule has 0 saturated heterocycles. The molecule has 0 radical (unpaired) electrons. The summed E-state index contributed by atoms with van der Waals surface area (Å²) in [5.74, 6) is -2.14. The van der Waals surface area contributed by atoms with Gasteiger partial charge >= 0.3 is 5.97 Å². The van der Waals surface area contributed by atoms with Crippen LogP contribution in [-0.4, -0.2) is 41.0 Å². The molecule has 3 N–H and O–H groups in total. The number of rotatable bonds is 8. The van der Waals surface area contributed by atoms with Crippen LogP contribution in [0.3, 0.4) is 0 Å². The summed E-state index contributed by atoms with van der Waals surface area (Å²) >= 11 is 0. The average Bonchev–Trinajstić information content (AvgIpc) is 2.73. The third kappa shape index (κ3) is 5.89. The number of nitrogens with zero attached hydrogens (tertiary/aromatic N) is 1. The van der Waals surface area contributed by atoms with Crippen molar-refractivity contribution in [2.24, 2.45) is 0 Å². The molecule has 10 heteroatoms. The van der Waals surface area contributed by atoms with Crippen molar-refractivity contribution < 1.29 is 29.2 Å². The molecule has 0 spiro atoms. The number of methoxy groups -OCH3 is 1. The highest BCUT2D eigenvalue weighted by Crippen LogP contribution is 2.15. The second kappa shape index (κ2) is 9.82. The van der Waals surface area contributed by atoms with Gasteiger partial charge in [0.1, 0.15) is 17.5 Å². The summed E-state index contributed by atoms with van der Waals surface area (Å²) in [5, 5.41) is 24.5. The number of hydrogen-bond donors (Lipinski definition) is 3. The van der Waals surface area contributed by atoms with Crippen molar-refractivity contribution in [3.05, 3.63) is 75.5 Å². The summed E-state index contributed by atoms with van der Waals surface area (Å²) in [4.78, 5) is 46.3. The van der Waals surface area contributed by atoms with E-state index in [1.807, 2.05) is 0 Å². The lowest BCUT2D eigenvalue weighted by Crippen LogP contribution is -2.42. The molecule has 0 aliphatic carbocycles. The molecule has 0 aliphatic heterocycles. The van der Waals surface area contributed by atoms with E-state index in [4.69, 9.17) is 9.84 Å². The fourth-order valence-electron chi connectivity index (χ4n) is 2.29. The van der Waals surface area contributed by atoms with Crippen LogP contribution >= 0.6 is 0 Å². The first-order valence-corrected chi connectivity index (χ1v) is 8.66. The smallest absolute Gasteiger partial charge is 0.325 e. The van der Waals surface area contributed by atoms with Gasteiger partial charge in [0.2, 0.25) is 0 Å². The molecule has 10 nitrogen and oxygen atoms in total. The van der Waals surface area contributed by atoms with Crippen LogP contribution in [0.4, 0.5) is 5.69 Å². The number of carbonyl (C=O) groups excluding carboxylic acids is 2. The number of carboxylic acids is 1. The lowest BCUT2D eigenvalue weighted by molar-refractivity contribution is -0.384. The number of nitrogens with one attached hydrogen (secondary N) is 2. The van der Waals surface area contributed by atoms with Crippen molar-refractivity contribution in [2.75, 3.05) is 7.11 Å². The Morgan fingerprint density at radius 1 is 1.10 bits per heavy atom. The van der Waals surface area contributed by atoms with Crippen LogP contribution in [0.5, 0.6) is 5.75 Å². The van der Waals surface area contributed by atoms with Crippen molar-refractivity contribution >= 4 is 29.5 Å². The van der Waals surface area contributed by atoms with Gasteiger partial charge in [0.15, 0.2) is 0 Å². The molecule has 2 aromatic carbocycles. The molecule has 0 aromatic heterocycles. The van der Waals surface area contributed by atoms with E-state index < -0.39 is 28.7 Å². The Bertz CT molecular complexity index is 982. The summed E-state index contributed by atoms with van der Waals surface area (Å²) in [5.41, 5.74) is 0.269. The Morgan fingerprint density at radius 3 is 2.20 bits per heavy atom. The van der Waals surface area contributed by atoms with E-state index in [0.717, 1.165) is 0 Å². The van der Waals surface area contributed by atoms with Gasteiger partial charge in [-0.15, -0.1) is 0 Å². The SMILES string of the molecule is COc1ccc(C(=O)NC(=Cc2ccc([N+](=O)[O-])cc2)C(=O)NC(C)C(=O)O)cc1. The normalized spacial score (nSPS) is 11.9. The maximum absolute atomic E-state index is 12.5. The molecule has 0 aliphatic rings. The van der Waals surface area contributed by atoms with Gasteiger partial charge in [-0.3, -0.25) is 24.5 Å². The number of nitro groups is 1. The summed E-state index contributed by atoms with van der Waals surface area (Å²) in [6.45, 7) is 1.27. The van der Waals surface area contributed by atoms with Gasteiger partial charge in [-0.05, 0) is 55.0 Å². The molecule has 30 heavy (non-hydrogen) atoms. The number of ether oxygens (including phenoxy) is 1. The van der Waals surface area contributed by atoms with E-state index in [-0.39, 0.29) is 16.9 Å². The number of nitro benzene ring substituents is 1. The number of carboxylic acid groups (broad SMARTS) is 1. The fraction of sp³-hybridized carbons (Fsp3) is 0.150. The number of amides is 2. The fourth-order valence-corrected chi connectivity index (χ4v) is 2.29. The minimum absolute atomic E-state index is 0.139. The van der Waals surface area contributed by atoms with Crippen LogP contribution in [0.15, 0.2) is 54.2 Å². The highest BCUT2D eigenvalue weighted by Gasteiger charge is 2.20. The van der Waals surface area contributed by atoms with E-state index in [2.05, 4.69) is 10.6 Å². The molecule has 2 amide bonds. The van der Waals surface area contributed by atoms with Crippen LogP contribution in [0.1, 0.15) is 22.8 Å². The van der Waals surface area contributed by atoms with E-state index in [1.165, 1.54) is 56.5 Å². The molecule has 0 saturated carbocycles. The monoisotopic (exact) mass is 413 g/mol. The second-order valence-corrected chi connectivity index (χ2v) is 6.12. The van der Waals surface area contributed by atoms with Crippen molar-refractivity contribution in [2.45, 2.75) is 13.0 Å². The molecule has 0 fully saturated rings. The van der Waals surface area contributed by atoms with Gasteiger partial charge in [0.25, 0.3) is 17.5 Å². The number of carbonyl (C=O) groups is 3. The minimum atomic E-state index is -1.25. The van der Waals surface area contributed by atoms with Crippen molar-refractivity contribution in [1.29, 1.82) is 0 Å². The third-order valence-electron chi connectivity index (χ3n) is 3.98. The molecule has 0 bridgehead atoms. The first-order chi connectivity index (χ1) is 14.2. The molecule has 2 rings (SSSR count). The third-order valence-corrected chi connectivity index (χ3v) is 3.98. The lowest BCUT2D eigenvalue weighted by Gasteiger charge is -2.13. The highest BCUT2D eigenvalue weighted by molar-refractivity contribution is 6.06. The zero-order valence-corrected chi connectivity index (χ0v) is 16.1. The zero-order chi connectivity index (χ0) is 22.3. The van der Waals surface area contributed by atoms with Gasteiger partial charge in [-0.25, -0.2) is 0 Å². The van der Waals surface area contributed by atoms with Gasteiger partial charge in [0.05, 0.1) is 12.0 Å². The first kappa shape index (κ1) is 22.1. The predicted octanol–water partition coefficient (Wildman–Crippen LogP) is 1.96. The maximum atomic E-state index is 12.5. The maximum Gasteiger partial charge on any atom is 0.325 e. The Kier molecular flexibility index (Phi) is 7.23. The minimum Gasteiger partial charge on any atom is -0.497 e. The summed E-state index contributed by atoms with van der Waals surface area (Å²) in [7, 11) is 1.48. The molecule has 1 unspecified atom stereocenters. The van der Waals surface area contributed by atoms with E-state index in [0.29, 0.717) is 11.3 Å². The highest BCUT2D eigenvalue weighted by atomic mass is 16.6. The standard InChI is InChI=1S/C20H19N3O7/c1-12(20(26)27)21-19(25)17(11-13-3-7-15(8-4-13)23(28)29)22-18(24)14-5-9-16(30-2)10-6-14/h3-12H,1-2H3,(H,21,25)(H,22,24)(H,26,27). The zero-order valence-electron chi connectivity index (χ0n) is 16.1. The van der Waals surface area contributed by atoms with E-state index in [9.17, 15) is 24.5 Å². The van der Waals surface area contributed by atoms with Crippen LogP contribution < -0.4 is 15.4 Å². The van der Waals surface area contributed by atoms with Crippen LogP contribution in [0.2, 0.25) is 0 Å². The Balaban J connectivity index is 2.31. The molecule has 1 atom stereocenters. The summed E-state index contributed by atoms with van der Waals surface area (Å²) in [6.07, 6.45) is 1.29. The topological polar surface area (TPSA) is 148 Å². The van der Waals surface area contributed by atoms with Crippen molar-refractivity contribution in [3.63, 3.8) is 0 Å². The molecular weight excluding hydrogens is 394 g/mol. The quantitative estimate of drug-likeness (QED) is 0.340. The second-order valence-electron chi connectivity index (χ2n) is 6.12. The van der Waals surface area contributed by atoms with Crippen molar-refractivity contribution in [1.82, 2.24) is 10.6 Å². The summed E-state index contributed by atoms with van der Waals surface area (Å²) < 4.78 is 5.03. The molecule has 2 aromatic rings. The molecule has 0 heterocycles. The Labute approximate surface area is 171 Å². The Hall–Kier alpha value is -4.21. The van der Waals surface area contributed by atoms with Gasteiger partial charge < -0.3 is 20.5 Å². The van der Waals surface area contributed by atoms with Gasteiger partial charge in [-0.2, -0.15) is 0 Å². The van der Waals surface area contributed by atoms with Crippen LogP contribution in [0, 0.1) is 10.1 Å². The number of hydrogen-bond acceptors (Lipinski definition) is 6. The van der Waals surface area contributed by atoms with Crippen molar-refractivity contribution in [3.8, 4) is 5.75 Å². The molecular formula is C20H19N3O7. The molecule has 156 valence electrons. The van der Waals surface area contributed by atoms with Gasteiger partial charge in [0, 0.05) is 17.7 Å². The van der Waals surface area contributed by atoms with Crippen LogP contribution in [0.25, 0.3) is 6.08 Å². The Morgan fingerprint density at radius 2 is 1.70 bits per heavy atom. The van der Waals surface area contributed by atoms with Crippen LogP contribution in [-0.2, 0) is 9.59 Å². The van der Waals surface area contributed by atoms with E-state index >= 15 is 0 Å². The largest absolute Gasteiger partial charge is 0.497 e. The number of benzene rings is 2. The average molecular weight is 413 g/mol.